The molecule has 0 spiro atoms. The molecular weight excluding hydrogens is 541 g/mol. The van der Waals surface area contributed by atoms with Gasteiger partial charge in [-0.05, 0) is 49.6 Å². The van der Waals surface area contributed by atoms with E-state index >= 15 is 0 Å². The molecule has 0 unspecified atom stereocenters. The predicted molar refractivity (Wildman–Crippen MR) is 156 cm³/mol. The molecule has 4 atom stereocenters. The first-order valence-corrected chi connectivity index (χ1v) is 14.3. The van der Waals surface area contributed by atoms with E-state index in [0.717, 1.165) is 11.1 Å². The number of ketones is 1. The zero-order valence-corrected chi connectivity index (χ0v) is 24.4. The Morgan fingerprint density at radius 3 is 2.19 bits per heavy atom. The summed E-state index contributed by atoms with van der Waals surface area (Å²) in [6, 6.07) is 14.7. The molecule has 2 N–H and O–H groups in total. The average Bonchev–Trinajstić information content (AvgIpc) is 3.75. The van der Waals surface area contributed by atoms with E-state index in [0.29, 0.717) is 38.7 Å². The molecule has 2 amide bonds. The van der Waals surface area contributed by atoms with Crippen LogP contribution in [0.1, 0.15) is 25.0 Å². The lowest BCUT2D eigenvalue weighted by Gasteiger charge is -2.26. The summed E-state index contributed by atoms with van der Waals surface area (Å²) in [5.74, 6) is -1.81. The molecule has 10 heteroatoms. The number of ether oxygens (including phenoxy) is 3. The van der Waals surface area contributed by atoms with Gasteiger partial charge in [0.05, 0.1) is 45.4 Å². The summed E-state index contributed by atoms with van der Waals surface area (Å²) >= 11 is 0. The normalized spacial score (nSPS) is 21.1. The van der Waals surface area contributed by atoms with Crippen LogP contribution in [0, 0.1) is 5.92 Å². The number of carbonyl (C=O) groups is 3. The van der Waals surface area contributed by atoms with Crippen LogP contribution in [0.2, 0.25) is 0 Å². The van der Waals surface area contributed by atoms with Crippen LogP contribution >= 0.6 is 0 Å². The third-order valence-electron chi connectivity index (χ3n) is 7.57. The minimum Gasteiger partial charge on any atom is -0.497 e. The largest absolute Gasteiger partial charge is 0.497 e. The Bertz CT molecular complexity index is 1240. The van der Waals surface area contributed by atoms with Gasteiger partial charge in [-0.3, -0.25) is 19.3 Å². The summed E-state index contributed by atoms with van der Waals surface area (Å²) in [7, 11) is 1.56. The quantitative estimate of drug-likeness (QED) is 0.330. The van der Waals surface area contributed by atoms with Gasteiger partial charge in [-0.1, -0.05) is 42.5 Å². The van der Waals surface area contributed by atoms with Crippen molar-refractivity contribution in [2.24, 2.45) is 5.92 Å². The monoisotopic (exact) mass is 581 g/mol. The minimum absolute atomic E-state index is 0.0981. The van der Waals surface area contributed by atoms with Gasteiger partial charge in [-0.2, -0.15) is 0 Å². The van der Waals surface area contributed by atoms with Gasteiger partial charge >= 0.3 is 0 Å². The molecule has 0 aromatic heterocycles. The number of nitrogens with one attached hydrogen (secondary N) is 2. The third-order valence-corrected chi connectivity index (χ3v) is 7.57. The van der Waals surface area contributed by atoms with Crippen LogP contribution in [0.5, 0.6) is 5.75 Å². The number of benzene rings is 2. The molecule has 2 saturated heterocycles. The van der Waals surface area contributed by atoms with Crippen molar-refractivity contribution in [3.05, 3.63) is 77.6 Å². The third kappa shape index (κ3) is 8.95. The molecule has 4 rings (SSSR count). The van der Waals surface area contributed by atoms with E-state index in [9.17, 15) is 18.8 Å². The average molecular weight is 582 g/mol. The summed E-state index contributed by atoms with van der Waals surface area (Å²) < 4.78 is 30.7. The maximum atomic E-state index is 14.8. The summed E-state index contributed by atoms with van der Waals surface area (Å²) in [6.45, 7) is 6.02. The van der Waals surface area contributed by atoms with E-state index in [2.05, 4.69) is 10.6 Å². The first-order valence-electron chi connectivity index (χ1n) is 14.3. The zero-order valence-electron chi connectivity index (χ0n) is 24.4. The molecule has 42 heavy (non-hydrogen) atoms. The Morgan fingerprint density at radius 1 is 0.976 bits per heavy atom. The fraction of sp³-hybridized carbons (Fsp3) is 0.469. The van der Waals surface area contributed by atoms with Crippen molar-refractivity contribution in [2.75, 3.05) is 46.6 Å². The minimum atomic E-state index is -1.01. The van der Waals surface area contributed by atoms with Crippen LogP contribution in [0.25, 0.3) is 0 Å². The standard InChI is InChI=1S/C32H40FN3O6/c1-22(17-25(33)20-36-13-15-41-16-14-36)30(38)35-28(19-24-9-11-26(40-3)12-10-24)31(39)34-27(29(37)32(2)21-42-32)18-23-7-5-4-6-8-23/h4-12,17,22,27-28H,13-16,18-21H2,1-3H3,(H,34,39)(H,35,38)/b25-17-/t22-,27+,28+,32+/m1/s1. The number of halogens is 1. The Morgan fingerprint density at radius 2 is 1.57 bits per heavy atom. The Kier molecular flexibility index (Phi) is 10.8. The van der Waals surface area contributed by atoms with Gasteiger partial charge in [0.15, 0.2) is 5.78 Å². The second kappa shape index (κ2) is 14.5. The number of hydrogen-bond acceptors (Lipinski definition) is 7. The van der Waals surface area contributed by atoms with Crippen LogP contribution in [0.3, 0.4) is 0 Å². The van der Waals surface area contributed by atoms with Crippen molar-refractivity contribution in [3.8, 4) is 5.75 Å². The van der Waals surface area contributed by atoms with E-state index in [1.54, 1.807) is 33.1 Å². The Balaban J connectivity index is 1.49. The fourth-order valence-electron chi connectivity index (χ4n) is 4.83. The lowest BCUT2D eigenvalue weighted by Crippen LogP contribution is -2.55. The van der Waals surface area contributed by atoms with Crippen LogP contribution in [-0.2, 0) is 36.7 Å². The number of amides is 2. The van der Waals surface area contributed by atoms with Crippen LogP contribution < -0.4 is 15.4 Å². The lowest BCUT2D eigenvalue weighted by atomic mass is 9.94. The van der Waals surface area contributed by atoms with E-state index in [1.807, 2.05) is 47.4 Å². The van der Waals surface area contributed by atoms with E-state index in [-0.39, 0.29) is 25.2 Å². The molecule has 0 aliphatic carbocycles. The van der Waals surface area contributed by atoms with Crippen molar-refractivity contribution in [1.29, 1.82) is 0 Å². The van der Waals surface area contributed by atoms with Crippen molar-refractivity contribution < 1.29 is 33.0 Å². The predicted octanol–water partition coefficient (Wildman–Crippen LogP) is 2.63. The van der Waals surface area contributed by atoms with Gasteiger partial charge in [-0.15, -0.1) is 0 Å². The molecule has 2 aromatic rings. The number of Topliss-reactive ketones (excluding diaryl/α,β-unsaturated/α-hetero) is 1. The summed E-state index contributed by atoms with van der Waals surface area (Å²) in [5, 5.41) is 5.67. The second-order valence-electron chi connectivity index (χ2n) is 11.0. The van der Waals surface area contributed by atoms with Crippen LogP contribution in [0.15, 0.2) is 66.5 Å². The molecule has 0 bridgehead atoms. The van der Waals surface area contributed by atoms with Gasteiger partial charge in [-0.25, -0.2) is 4.39 Å². The highest BCUT2D eigenvalue weighted by Gasteiger charge is 2.50. The van der Waals surface area contributed by atoms with Crippen molar-refractivity contribution in [2.45, 2.75) is 44.4 Å². The highest BCUT2D eigenvalue weighted by molar-refractivity contribution is 5.98. The number of carbonyl (C=O) groups excluding carboxylic acids is 3. The molecule has 9 nitrogen and oxygen atoms in total. The summed E-state index contributed by atoms with van der Waals surface area (Å²) in [4.78, 5) is 42.2. The van der Waals surface area contributed by atoms with E-state index in [1.165, 1.54) is 6.08 Å². The molecule has 2 aromatic carbocycles. The Hall–Kier alpha value is -3.60. The van der Waals surface area contributed by atoms with Crippen LogP contribution in [0.4, 0.5) is 4.39 Å². The highest BCUT2D eigenvalue weighted by atomic mass is 19.1. The highest BCUT2D eigenvalue weighted by Crippen LogP contribution is 2.29. The Labute approximate surface area is 246 Å². The summed E-state index contributed by atoms with van der Waals surface area (Å²) in [5.41, 5.74) is 0.714. The number of hydrogen-bond donors (Lipinski definition) is 2. The number of morpholine rings is 1. The van der Waals surface area contributed by atoms with E-state index < -0.39 is 41.2 Å². The smallest absolute Gasteiger partial charge is 0.243 e. The van der Waals surface area contributed by atoms with Gasteiger partial charge in [0.25, 0.3) is 0 Å². The molecule has 0 radical (unpaired) electrons. The maximum absolute atomic E-state index is 14.8. The summed E-state index contributed by atoms with van der Waals surface area (Å²) in [6.07, 6.45) is 1.72. The van der Waals surface area contributed by atoms with E-state index in [4.69, 9.17) is 14.2 Å². The van der Waals surface area contributed by atoms with Gasteiger partial charge < -0.3 is 24.8 Å². The molecule has 2 fully saturated rings. The van der Waals surface area contributed by atoms with Gasteiger partial charge in [0.2, 0.25) is 11.8 Å². The molecule has 2 heterocycles. The van der Waals surface area contributed by atoms with Crippen molar-refractivity contribution in [3.63, 3.8) is 0 Å². The number of epoxide rings is 1. The topological polar surface area (TPSA) is 110 Å². The molecular formula is C32H40FN3O6. The van der Waals surface area contributed by atoms with Gasteiger partial charge in [0, 0.05) is 19.5 Å². The lowest BCUT2D eigenvalue weighted by molar-refractivity contribution is -0.133. The van der Waals surface area contributed by atoms with Crippen molar-refractivity contribution in [1.82, 2.24) is 15.5 Å². The number of rotatable bonds is 14. The first kappa shape index (κ1) is 31.3. The first-order chi connectivity index (χ1) is 20.2. The fourth-order valence-corrected chi connectivity index (χ4v) is 4.83. The number of methoxy groups -OCH3 is 1. The van der Waals surface area contributed by atoms with Crippen molar-refractivity contribution >= 4 is 17.6 Å². The maximum Gasteiger partial charge on any atom is 0.243 e. The SMILES string of the molecule is COc1ccc(C[C@H](NC(=O)[C@H](C)/C=C(\F)CN2CCOCC2)C(=O)N[C@@H](Cc2ccccc2)C(=O)[C@]2(C)CO2)cc1. The molecule has 2 aliphatic heterocycles. The molecule has 226 valence electrons. The molecule has 2 aliphatic rings. The second-order valence-corrected chi connectivity index (χ2v) is 11.0. The number of nitrogens with zero attached hydrogens (tertiary/aromatic N) is 1. The zero-order chi connectivity index (χ0) is 30.1. The van der Waals surface area contributed by atoms with Gasteiger partial charge in [0.1, 0.15) is 23.2 Å². The molecule has 0 saturated carbocycles. The van der Waals surface area contributed by atoms with Crippen LogP contribution in [-0.4, -0.2) is 86.7 Å².